The molecule has 0 aliphatic heterocycles. The van der Waals surface area contributed by atoms with E-state index in [0.717, 1.165) is 23.2 Å². The molecule has 0 atom stereocenters. The van der Waals surface area contributed by atoms with Gasteiger partial charge in [0.05, 0.1) is 54.7 Å². The predicted octanol–water partition coefficient (Wildman–Crippen LogP) is 6.40. The third kappa shape index (κ3) is 7.65. The summed E-state index contributed by atoms with van der Waals surface area (Å²) in [6.45, 7) is 8.23. The minimum Gasteiger partial charge on any atom is -0.480 e. The van der Waals surface area contributed by atoms with Gasteiger partial charge in [0.15, 0.2) is 0 Å². The van der Waals surface area contributed by atoms with Crippen molar-refractivity contribution in [2.45, 2.75) is 52.6 Å². The maximum atomic E-state index is 9.62. The predicted molar refractivity (Wildman–Crippen MR) is 174 cm³/mol. The number of aryl methyl sites for hydroxylation is 1. The summed E-state index contributed by atoms with van der Waals surface area (Å²) in [6, 6.07) is 11.3. The third-order valence-electron chi connectivity index (χ3n) is 7.45. The van der Waals surface area contributed by atoms with E-state index in [2.05, 4.69) is 20.3 Å². The van der Waals surface area contributed by atoms with Crippen LogP contribution in [0.3, 0.4) is 0 Å². The van der Waals surface area contributed by atoms with E-state index >= 15 is 0 Å². The van der Waals surface area contributed by atoms with E-state index in [0.29, 0.717) is 63.0 Å². The number of ether oxygens (including phenoxy) is 2. The van der Waals surface area contributed by atoms with Crippen molar-refractivity contribution in [3.8, 4) is 45.4 Å². The standard InChI is InChI=1S/C33H39Cl2N5O4/c1-32(2,18-41)14-13-24-30(43-5)39-25(15-36-24)22-11-7-9-20(28(22)34)21-10-8-12-23(29(21)35)26-16-37-27(31(40-26)44-6)17-38-33(3,4)19-42/h7-12,15-16,38,41-42H,13-14,17-19H2,1-6H3. The molecule has 0 radical (unpaired) electrons. The van der Waals surface area contributed by atoms with Crippen molar-refractivity contribution in [3.05, 3.63) is 70.2 Å². The van der Waals surface area contributed by atoms with E-state index in [-0.39, 0.29) is 18.6 Å². The Kier molecular flexibility index (Phi) is 10.8. The van der Waals surface area contributed by atoms with Gasteiger partial charge in [0.25, 0.3) is 0 Å². The van der Waals surface area contributed by atoms with Gasteiger partial charge in [-0.3, -0.25) is 9.97 Å². The molecule has 2 aromatic heterocycles. The Morgan fingerprint density at radius 3 is 1.68 bits per heavy atom. The van der Waals surface area contributed by atoms with Crippen LogP contribution < -0.4 is 14.8 Å². The number of methoxy groups -OCH3 is 2. The summed E-state index contributed by atoms with van der Waals surface area (Å²) < 4.78 is 11.1. The highest BCUT2D eigenvalue weighted by molar-refractivity contribution is 6.39. The second-order valence-electron chi connectivity index (χ2n) is 12.0. The van der Waals surface area contributed by atoms with Crippen LogP contribution in [0.25, 0.3) is 33.6 Å². The third-order valence-corrected chi connectivity index (χ3v) is 8.26. The normalized spacial score (nSPS) is 12.0. The fraction of sp³-hybridized carbons (Fsp3) is 0.394. The van der Waals surface area contributed by atoms with E-state index in [1.807, 2.05) is 64.1 Å². The molecule has 0 saturated heterocycles. The van der Waals surface area contributed by atoms with Crippen molar-refractivity contribution in [1.82, 2.24) is 25.3 Å². The minimum absolute atomic E-state index is 0.0255. The lowest BCUT2D eigenvalue weighted by atomic mass is 9.88. The molecule has 0 aliphatic carbocycles. The summed E-state index contributed by atoms with van der Waals surface area (Å²) in [5, 5.41) is 23.3. The zero-order valence-corrected chi connectivity index (χ0v) is 27.4. The van der Waals surface area contributed by atoms with Gasteiger partial charge in [-0.05, 0) is 32.1 Å². The fourth-order valence-corrected chi connectivity index (χ4v) is 5.11. The van der Waals surface area contributed by atoms with Crippen LogP contribution in [0.1, 0.15) is 45.5 Å². The summed E-state index contributed by atoms with van der Waals surface area (Å²) in [7, 11) is 3.10. The molecule has 2 aromatic carbocycles. The molecule has 9 nitrogen and oxygen atoms in total. The van der Waals surface area contributed by atoms with E-state index in [1.54, 1.807) is 19.5 Å². The highest BCUT2D eigenvalue weighted by Crippen LogP contribution is 2.42. The minimum atomic E-state index is -0.479. The van der Waals surface area contributed by atoms with Gasteiger partial charge in [-0.1, -0.05) is 73.4 Å². The van der Waals surface area contributed by atoms with E-state index in [4.69, 9.17) is 37.7 Å². The van der Waals surface area contributed by atoms with Gasteiger partial charge in [0.1, 0.15) is 11.4 Å². The van der Waals surface area contributed by atoms with Crippen LogP contribution in [0.2, 0.25) is 10.0 Å². The largest absolute Gasteiger partial charge is 0.480 e. The highest BCUT2D eigenvalue weighted by Gasteiger charge is 2.22. The Hall–Kier alpha value is -3.34. The van der Waals surface area contributed by atoms with Crippen LogP contribution in [0.15, 0.2) is 48.8 Å². The second-order valence-corrected chi connectivity index (χ2v) is 12.7. The Bertz CT molecular complexity index is 1490. The second kappa shape index (κ2) is 14.2. The quantitative estimate of drug-likeness (QED) is 0.152. The molecule has 4 aromatic rings. The van der Waals surface area contributed by atoms with Crippen molar-refractivity contribution < 1.29 is 19.7 Å². The Labute approximate surface area is 268 Å². The van der Waals surface area contributed by atoms with Gasteiger partial charge in [-0.2, -0.15) is 0 Å². The Morgan fingerprint density at radius 1 is 0.727 bits per heavy atom. The number of aliphatic hydroxyl groups excluding tert-OH is 2. The fourth-order valence-electron chi connectivity index (χ4n) is 4.46. The Morgan fingerprint density at radius 2 is 1.20 bits per heavy atom. The molecule has 0 fully saturated rings. The molecule has 0 amide bonds. The lowest BCUT2D eigenvalue weighted by Crippen LogP contribution is -2.42. The lowest BCUT2D eigenvalue weighted by Gasteiger charge is -2.23. The van der Waals surface area contributed by atoms with Crippen molar-refractivity contribution in [1.29, 1.82) is 0 Å². The van der Waals surface area contributed by atoms with Gasteiger partial charge < -0.3 is 25.0 Å². The maximum absolute atomic E-state index is 9.62. The van der Waals surface area contributed by atoms with Crippen LogP contribution in [-0.4, -0.2) is 63.1 Å². The molecule has 234 valence electrons. The first-order valence-corrected chi connectivity index (χ1v) is 15.0. The van der Waals surface area contributed by atoms with Gasteiger partial charge in [0.2, 0.25) is 11.8 Å². The van der Waals surface area contributed by atoms with E-state index < -0.39 is 5.54 Å². The monoisotopic (exact) mass is 639 g/mol. The summed E-state index contributed by atoms with van der Waals surface area (Å²) in [6.07, 6.45) is 4.69. The highest BCUT2D eigenvalue weighted by atomic mass is 35.5. The zero-order valence-electron chi connectivity index (χ0n) is 25.9. The molecule has 11 heteroatoms. The molecule has 3 N–H and O–H groups in total. The topological polar surface area (TPSA) is 123 Å². The number of hydrogen-bond donors (Lipinski definition) is 3. The number of aliphatic hydroxyl groups is 2. The maximum Gasteiger partial charge on any atom is 0.237 e. The smallest absolute Gasteiger partial charge is 0.237 e. The van der Waals surface area contributed by atoms with Crippen molar-refractivity contribution in [2.24, 2.45) is 5.41 Å². The number of rotatable bonds is 13. The molecule has 0 unspecified atom stereocenters. The van der Waals surface area contributed by atoms with E-state index in [1.165, 1.54) is 7.11 Å². The van der Waals surface area contributed by atoms with Crippen LogP contribution in [0, 0.1) is 5.41 Å². The number of nitrogens with zero attached hydrogens (tertiary/aromatic N) is 4. The van der Waals surface area contributed by atoms with Gasteiger partial charge in [0, 0.05) is 40.9 Å². The molecular formula is C33H39Cl2N5O4. The van der Waals surface area contributed by atoms with Crippen LogP contribution in [-0.2, 0) is 13.0 Å². The Balaban J connectivity index is 1.67. The molecule has 0 aliphatic rings. The summed E-state index contributed by atoms with van der Waals surface area (Å²) in [5.41, 5.74) is 4.52. The van der Waals surface area contributed by atoms with E-state index in [9.17, 15) is 10.2 Å². The van der Waals surface area contributed by atoms with Crippen molar-refractivity contribution >= 4 is 23.2 Å². The molecule has 4 rings (SSSR count). The zero-order chi connectivity index (χ0) is 32.1. The van der Waals surface area contributed by atoms with Crippen LogP contribution in [0.4, 0.5) is 0 Å². The van der Waals surface area contributed by atoms with Crippen molar-refractivity contribution in [3.63, 3.8) is 0 Å². The number of hydrogen-bond acceptors (Lipinski definition) is 9. The molecular weight excluding hydrogens is 601 g/mol. The van der Waals surface area contributed by atoms with Crippen LogP contribution in [0.5, 0.6) is 11.8 Å². The van der Waals surface area contributed by atoms with Gasteiger partial charge in [-0.15, -0.1) is 0 Å². The summed E-state index contributed by atoms with van der Waals surface area (Å²) in [5.74, 6) is 0.782. The average Bonchev–Trinajstić information content (AvgIpc) is 3.03. The number of halogens is 2. The molecule has 44 heavy (non-hydrogen) atoms. The molecule has 0 bridgehead atoms. The van der Waals surface area contributed by atoms with Crippen LogP contribution >= 0.6 is 23.2 Å². The molecule has 0 spiro atoms. The first-order valence-electron chi connectivity index (χ1n) is 14.3. The molecule has 0 saturated carbocycles. The van der Waals surface area contributed by atoms with Gasteiger partial charge in [-0.25, -0.2) is 9.97 Å². The average molecular weight is 641 g/mol. The lowest BCUT2D eigenvalue weighted by molar-refractivity contribution is 0.150. The van der Waals surface area contributed by atoms with Gasteiger partial charge >= 0.3 is 0 Å². The molecule has 2 heterocycles. The number of aromatic nitrogens is 4. The first-order chi connectivity index (χ1) is 20.9. The summed E-state index contributed by atoms with van der Waals surface area (Å²) in [4.78, 5) is 18.6. The summed E-state index contributed by atoms with van der Waals surface area (Å²) >= 11 is 14.0. The SMILES string of the molecule is COc1nc(-c2cccc(-c3cccc(-c4cnc(CNC(C)(C)CO)c(OC)n4)c3Cl)c2Cl)cnc1CCC(C)(C)CO. The van der Waals surface area contributed by atoms with Crippen molar-refractivity contribution in [2.75, 3.05) is 27.4 Å². The number of benzene rings is 2. The number of nitrogens with one attached hydrogen (secondary N) is 1. The first kappa shape index (κ1) is 33.6.